The van der Waals surface area contributed by atoms with Gasteiger partial charge in [-0.25, -0.2) is 0 Å². The first-order valence-electron chi connectivity index (χ1n) is 4.91. The molecule has 1 aromatic rings. The van der Waals surface area contributed by atoms with Crippen molar-refractivity contribution in [3.05, 3.63) is 30.1 Å². The van der Waals surface area contributed by atoms with E-state index in [1.165, 1.54) is 0 Å². The zero-order valence-corrected chi connectivity index (χ0v) is 9.51. The maximum atomic E-state index is 5.89. The normalized spacial score (nSPS) is 15.1. The molecule has 1 N–H and O–H groups in total. The molecule has 0 aromatic carbocycles. The van der Waals surface area contributed by atoms with Gasteiger partial charge in [-0.1, -0.05) is 13.0 Å². The Bertz CT molecular complexity index is 257. The topological polar surface area (TPSA) is 24.9 Å². The number of rotatable bonds is 5. The highest BCUT2D eigenvalue weighted by Gasteiger charge is 2.19. The molecule has 0 aliphatic carbocycles. The largest absolute Gasteiger partial charge is 0.305 e. The Morgan fingerprint density at radius 1 is 1.50 bits per heavy atom. The van der Waals surface area contributed by atoms with Crippen LogP contribution in [-0.4, -0.2) is 16.4 Å². The smallest absolute Gasteiger partial charge is 0.0541 e. The van der Waals surface area contributed by atoms with Crippen LogP contribution in [0.3, 0.4) is 0 Å². The Kier molecular flexibility index (Phi) is 4.36. The van der Waals surface area contributed by atoms with Crippen LogP contribution in [0.5, 0.6) is 0 Å². The zero-order valence-electron chi connectivity index (χ0n) is 8.76. The Morgan fingerprint density at radius 2 is 2.29 bits per heavy atom. The number of halogens is 1. The second-order valence-corrected chi connectivity index (χ2v) is 3.99. The molecule has 0 amide bonds. The van der Waals surface area contributed by atoms with Crippen molar-refractivity contribution in [3.8, 4) is 0 Å². The number of pyridine rings is 1. The van der Waals surface area contributed by atoms with Crippen LogP contribution in [0.2, 0.25) is 0 Å². The van der Waals surface area contributed by atoms with Crippen LogP contribution < -0.4 is 5.32 Å². The summed E-state index contributed by atoms with van der Waals surface area (Å²) in [6.45, 7) is 5.04. The van der Waals surface area contributed by atoms with Gasteiger partial charge in [-0.15, -0.1) is 11.6 Å². The summed E-state index contributed by atoms with van der Waals surface area (Å²) in [5.41, 5.74) is 1.07. The summed E-state index contributed by atoms with van der Waals surface area (Å²) in [5.74, 6) is 0.621. The molecule has 0 aliphatic heterocycles. The highest BCUT2D eigenvalue weighted by Crippen LogP contribution is 2.11. The Balaban J connectivity index is 2.48. The zero-order chi connectivity index (χ0) is 10.4. The molecule has 1 atom stereocenters. The molecule has 0 radical (unpaired) electrons. The first kappa shape index (κ1) is 11.5. The maximum absolute atomic E-state index is 5.89. The van der Waals surface area contributed by atoms with E-state index in [1.807, 2.05) is 18.2 Å². The molecule has 1 aromatic heterocycles. The van der Waals surface area contributed by atoms with Crippen molar-refractivity contribution < 1.29 is 0 Å². The summed E-state index contributed by atoms with van der Waals surface area (Å²) in [5, 5.41) is 3.42. The lowest BCUT2D eigenvalue weighted by atomic mass is 10.0. The molecule has 0 fully saturated rings. The third-order valence-electron chi connectivity index (χ3n) is 2.50. The Hall–Kier alpha value is -0.600. The molecule has 78 valence electrons. The molecule has 0 saturated heterocycles. The molecule has 1 unspecified atom stereocenters. The van der Waals surface area contributed by atoms with Gasteiger partial charge >= 0.3 is 0 Å². The SMILES string of the molecule is CCC(C)(CCl)NCc1ccccn1. The number of alkyl halides is 1. The van der Waals surface area contributed by atoms with Crippen molar-refractivity contribution >= 4 is 11.6 Å². The monoisotopic (exact) mass is 212 g/mol. The predicted octanol–water partition coefficient (Wildman–Crippen LogP) is 2.58. The molecule has 14 heavy (non-hydrogen) atoms. The summed E-state index contributed by atoms with van der Waals surface area (Å²) in [6.07, 6.45) is 2.82. The van der Waals surface area contributed by atoms with E-state index >= 15 is 0 Å². The van der Waals surface area contributed by atoms with Crippen molar-refractivity contribution in [1.82, 2.24) is 10.3 Å². The highest BCUT2D eigenvalue weighted by atomic mass is 35.5. The standard InChI is InChI=1S/C11H17ClN2/c1-3-11(2,9-12)14-8-10-6-4-5-7-13-10/h4-7,14H,3,8-9H2,1-2H3. The summed E-state index contributed by atoms with van der Waals surface area (Å²) in [7, 11) is 0. The van der Waals surface area contributed by atoms with Gasteiger partial charge in [0.2, 0.25) is 0 Å². The van der Waals surface area contributed by atoms with E-state index in [1.54, 1.807) is 6.20 Å². The Morgan fingerprint density at radius 3 is 2.79 bits per heavy atom. The molecule has 1 heterocycles. The van der Waals surface area contributed by atoms with Crippen LogP contribution in [0.1, 0.15) is 26.0 Å². The van der Waals surface area contributed by atoms with Crippen LogP contribution in [-0.2, 0) is 6.54 Å². The average molecular weight is 213 g/mol. The number of hydrogen-bond donors (Lipinski definition) is 1. The van der Waals surface area contributed by atoms with Gasteiger partial charge in [0.15, 0.2) is 0 Å². The molecule has 0 saturated carbocycles. The first-order valence-corrected chi connectivity index (χ1v) is 5.44. The third-order valence-corrected chi connectivity index (χ3v) is 3.09. The van der Waals surface area contributed by atoms with Crippen molar-refractivity contribution in [2.75, 3.05) is 5.88 Å². The van der Waals surface area contributed by atoms with Crippen molar-refractivity contribution in [2.45, 2.75) is 32.4 Å². The first-order chi connectivity index (χ1) is 6.70. The van der Waals surface area contributed by atoms with Gasteiger partial charge in [-0.2, -0.15) is 0 Å². The van der Waals surface area contributed by atoms with Gasteiger partial charge < -0.3 is 5.32 Å². The van der Waals surface area contributed by atoms with Gasteiger partial charge in [-0.3, -0.25) is 4.98 Å². The number of nitrogens with one attached hydrogen (secondary N) is 1. The fourth-order valence-electron chi connectivity index (χ4n) is 1.07. The van der Waals surface area contributed by atoms with Gasteiger partial charge in [0.05, 0.1) is 5.69 Å². The minimum atomic E-state index is 0.0130. The maximum Gasteiger partial charge on any atom is 0.0541 e. The van der Waals surface area contributed by atoms with Gasteiger partial charge in [0.25, 0.3) is 0 Å². The second kappa shape index (κ2) is 5.32. The van der Waals surface area contributed by atoms with E-state index in [4.69, 9.17) is 11.6 Å². The molecule has 1 rings (SSSR count). The summed E-state index contributed by atoms with van der Waals surface area (Å²) < 4.78 is 0. The molecule has 0 spiro atoms. The third kappa shape index (κ3) is 3.28. The fraction of sp³-hybridized carbons (Fsp3) is 0.545. The molecule has 0 aliphatic rings. The van der Waals surface area contributed by atoms with E-state index < -0.39 is 0 Å². The number of aromatic nitrogens is 1. The molecular formula is C11H17ClN2. The summed E-state index contributed by atoms with van der Waals surface area (Å²) in [6, 6.07) is 5.93. The van der Waals surface area contributed by atoms with Gasteiger partial charge in [-0.05, 0) is 25.5 Å². The van der Waals surface area contributed by atoms with Crippen molar-refractivity contribution in [3.63, 3.8) is 0 Å². The molecule has 2 nitrogen and oxygen atoms in total. The van der Waals surface area contributed by atoms with Crippen LogP contribution in [0, 0.1) is 0 Å². The molecule has 0 bridgehead atoms. The number of hydrogen-bond acceptors (Lipinski definition) is 2. The van der Waals surface area contributed by atoms with E-state index in [-0.39, 0.29) is 5.54 Å². The quantitative estimate of drug-likeness (QED) is 0.759. The summed E-state index contributed by atoms with van der Waals surface area (Å²) >= 11 is 5.89. The Labute approximate surface area is 90.7 Å². The van der Waals surface area contributed by atoms with E-state index in [9.17, 15) is 0 Å². The van der Waals surface area contributed by atoms with Gasteiger partial charge in [0, 0.05) is 24.2 Å². The molecule has 3 heteroatoms. The van der Waals surface area contributed by atoms with Crippen LogP contribution >= 0.6 is 11.6 Å². The van der Waals surface area contributed by atoms with Crippen LogP contribution in [0.15, 0.2) is 24.4 Å². The van der Waals surface area contributed by atoms with Crippen LogP contribution in [0.25, 0.3) is 0 Å². The van der Waals surface area contributed by atoms with Crippen molar-refractivity contribution in [1.29, 1.82) is 0 Å². The minimum Gasteiger partial charge on any atom is -0.305 e. The van der Waals surface area contributed by atoms with Crippen LogP contribution in [0.4, 0.5) is 0 Å². The van der Waals surface area contributed by atoms with Gasteiger partial charge in [0.1, 0.15) is 0 Å². The number of nitrogens with zero attached hydrogens (tertiary/aromatic N) is 1. The fourth-order valence-corrected chi connectivity index (χ4v) is 1.36. The van der Waals surface area contributed by atoms with E-state index in [0.29, 0.717) is 5.88 Å². The lowest BCUT2D eigenvalue weighted by Gasteiger charge is -2.26. The van der Waals surface area contributed by atoms with E-state index in [2.05, 4.69) is 24.1 Å². The van der Waals surface area contributed by atoms with E-state index in [0.717, 1.165) is 18.7 Å². The lowest BCUT2D eigenvalue weighted by molar-refractivity contribution is 0.377. The predicted molar refractivity (Wildman–Crippen MR) is 60.5 cm³/mol. The van der Waals surface area contributed by atoms with Crippen molar-refractivity contribution in [2.24, 2.45) is 0 Å². The molecular weight excluding hydrogens is 196 g/mol. The lowest BCUT2D eigenvalue weighted by Crippen LogP contribution is -2.43. The minimum absolute atomic E-state index is 0.0130. The highest BCUT2D eigenvalue weighted by molar-refractivity contribution is 6.18. The summed E-state index contributed by atoms with van der Waals surface area (Å²) in [4.78, 5) is 4.24. The average Bonchev–Trinajstić information content (AvgIpc) is 2.27. The second-order valence-electron chi connectivity index (χ2n) is 3.72.